The number of hydrogen-bond donors (Lipinski definition) is 0. The third-order valence-corrected chi connectivity index (χ3v) is 4.59. The van der Waals surface area contributed by atoms with Gasteiger partial charge in [-0.1, -0.05) is 30.3 Å². The van der Waals surface area contributed by atoms with Gasteiger partial charge in [0.05, 0.1) is 7.11 Å². The molecule has 3 heteroatoms. The SMILES string of the molecule is COC(=O)[C@@]12C[C@@H]1CCN2[C@H](C)c1ccccc1. The summed E-state index contributed by atoms with van der Waals surface area (Å²) in [5, 5.41) is 0. The molecule has 0 bridgehead atoms. The average Bonchev–Trinajstić information content (AvgIpc) is 3.05. The third kappa shape index (κ3) is 1.50. The number of likely N-dealkylation sites (tertiary alicyclic amines) is 1. The Kier molecular flexibility index (Phi) is 2.67. The first-order chi connectivity index (χ1) is 8.70. The lowest BCUT2D eigenvalue weighted by atomic mass is 10.0. The molecule has 96 valence electrons. The van der Waals surface area contributed by atoms with E-state index >= 15 is 0 Å². The molecule has 1 saturated heterocycles. The topological polar surface area (TPSA) is 29.5 Å². The lowest BCUT2D eigenvalue weighted by molar-refractivity contribution is -0.149. The molecule has 1 heterocycles. The van der Waals surface area contributed by atoms with Gasteiger partial charge in [0, 0.05) is 12.6 Å². The van der Waals surface area contributed by atoms with Crippen LogP contribution in [0, 0.1) is 5.92 Å². The minimum atomic E-state index is -0.315. The first-order valence-corrected chi connectivity index (χ1v) is 6.60. The smallest absolute Gasteiger partial charge is 0.326 e. The van der Waals surface area contributed by atoms with Gasteiger partial charge in [0.2, 0.25) is 0 Å². The van der Waals surface area contributed by atoms with Crippen LogP contribution >= 0.6 is 0 Å². The maximum Gasteiger partial charge on any atom is 0.326 e. The molecule has 18 heavy (non-hydrogen) atoms. The van der Waals surface area contributed by atoms with Crippen molar-refractivity contribution < 1.29 is 9.53 Å². The second-order valence-electron chi connectivity index (χ2n) is 5.39. The standard InChI is InChI=1S/C15H19NO2/c1-11(12-6-4-3-5-7-12)16-9-8-13-10-15(13,16)14(17)18-2/h3-7,11,13H,8-10H2,1-2H3/t11-,13+,15-/m1/s1. The van der Waals surface area contributed by atoms with Crippen LogP contribution in [0.4, 0.5) is 0 Å². The van der Waals surface area contributed by atoms with Gasteiger partial charge in [0.1, 0.15) is 5.54 Å². The number of nitrogens with zero attached hydrogens (tertiary/aromatic N) is 1. The summed E-state index contributed by atoms with van der Waals surface area (Å²) in [4.78, 5) is 14.4. The molecular formula is C15H19NO2. The van der Waals surface area contributed by atoms with Crippen LogP contribution in [-0.2, 0) is 9.53 Å². The molecule has 0 amide bonds. The van der Waals surface area contributed by atoms with E-state index in [0.29, 0.717) is 5.92 Å². The van der Waals surface area contributed by atoms with Crippen molar-refractivity contribution in [3.05, 3.63) is 35.9 Å². The summed E-state index contributed by atoms with van der Waals surface area (Å²) < 4.78 is 5.01. The molecule has 2 aliphatic rings. The van der Waals surface area contributed by atoms with Crippen molar-refractivity contribution in [1.82, 2.24) is 4.90 Å². The molecule has 0 spiro atoms. The van der Waals surface area contributed by atoms with Gasteiger partial charge in [-0.2, -0.15) is 0 Å². The Morgan fingerprint density at radius 2 is 2.17 bits per heavy atom. The predicted octanol–water partition coefficient (Wildman–Crippen LogP) is 2.39. The highest BCUT2D eigenvalue weighted by molar-refractivity contribution is 5.85. The molecule has 1 aliphatic carbocycles. The Morgan fingerprint density at radius 3 is 2.78 bits per heavy atom. The van der Waals surface area contributed by atoms with Crippen LogP contribution in [0.25, 0.3) is 0 Å². The fraction of sp³-hybridized carbons (Fsp3) is 0.533. The lowest BCUT2D eigenvalue weighted by Crippen LogP contribution is -2.43. The Morgan fingerprint density at radius 1 is 1.44 bits per heavy atom. The average molecular weight is 245 g/mol. The van der Waals surface area contributed by atoms with E-state index < -0.39 is 0 Å². The third-order valence-electron chi connectivity index (χ3n) is 4.59. The first-order valence-electron chi connectivity index (χ1n) is 6.60. The van der Waals surface area contributed by atoms with Crippen LogP contribution in [0.3, 0.4) is 0 Å². The Balaban J connectivity index is 1.87. The highest BCUT2D eigenvalue weighted by Gasteiger charge is 2.68. The maximum atomic E-state index is 12.1. The fourth-order valence-corrected chi connectivity index (χ4v) is 3.50. The molecule has 1 aromatic carbocycles. The number of piperidine rings is 1. The number of rotatable bonds is 3. The molecule has 3 nitrogen and oxygen atoms in total. The number of methoxy groups -OCH3 is 1. The normalized spacial score (nSPS) is 31.8. The number of carbonyl (C=O) groups is 1. The minimum absolute atomic E-state index is 0.0484. The molecule has 0 radical (unpaired) electrons. The molecule has 1 saturated carbocycles. The molecular weight excluding hydrogens is 226 g/mol. The number of carbonyl (C=O) groups excluding carboxylic acids is 1. The van der Waals surface area contributed by atoms with Gasteiger partial charge in [-0.25, -0.2) is 0 Å². The molecule has 0 N–H and O–H groups in total. The molecule has 3 atom stereocenters. The molecule has 3 rings (SSSR count). The summed E-state index contributed by atoms with van der Waals surface area (Å²) in [6.07, 6.45) is 2.09. The van der Waals surface area contributed by atoms with Crippen molar-refractivity contribution in [2.24, 2.45) is 5.92 Å². The van der Waals surface area contributed by atoms with Crippen molar-refractivity contribution >= 4 is 5.97 Å². The van der Waals surface area contributed by atoms with Gasteiger partial charge in [-0.05, 0) is 31.2 Å². The second kappa shape index (κ2) is 4.09. The van der Waals surface area contributed by atoms with E-state index in [0.717, 1.165) is 19.4 Å². The predicted molar refractivity (Wildman–Crippen MR) is 69.0 cm³/mol. The van der Waals surface area contributed by atoms with E-state index in [1.807, 2.05) is 6.07 Å². The molecule has 0 unspecified atom stereocenters. The number of hydrogen-bond acceptors (Lipinski definition) is 3. The zero-order chi connectivity index (χ0) is 12.8. The van der Waals surface area contributed by atoms with E-state index in [9.17, 15) is 4.79 Å². The van der Waals surface area contributed by atoms with E-state index in [-0.39, 0.29) is 17.6 Å². The highest BCUT2D eigenvalue weighted by Crippen LogP contribution is 2.58. The lowest BCUT2D eigenvalue weighted by Gasteiger charge is -2.32. The van der Waals surface area contributed by atoms with E-state index in [4.69, 9.17) is 4.74 Å². The maximum absolute atomic E-state index is 12.1. The van der Waals surface area contributed by atoms with Gasteiger partial charge in [-0.3, -0.25) is 9.69 Å². The summed E-state index contributed by atoms with van der Waals surface area (Å²) in [7, 11) is 1.50. The monoisotopic (exact) mass is 245 g/mol. The Hall–Kier alpha value is -1.35. The van der Waals surface area contributed by atoms with Crippen molar-refractivity contribution in [3.8, 4) is 0 Å². The zero-order valence-corrected chi connectivity index (χ0v) is 10.9. The Labute approximate surface area is 108 Å². The highest BCUT2D eigenvalue weighted by atomic mass is 16.5. The van der Waals surface area contributed by atoms with Crippen LogP contribution in [0.2, 0.25) is 0 Å². The van der Waals surface area contributed by atoms with Crippen LogP contribution in [0.15, 0.2) is 30.3 Å². The van der Waals surface area contributed by atoms with Crippen LogP contribution in [0.5, 0.6) is 0 Å². The van der Waals surface area contributed by atoms with Crippen LogP contribution in [0.1, 0.15) is 31.4 Å². The summed E-state index contributed by atoms with van der Waals surface area (Å²) >= 11 is 0. The van der Waals surface area contributed by atoms with Gasteiger partial charge >= 0.3 is 5.97 Å². The number of benzene rings is 1. The van der Waals surface area contributed by atoms with Crippen molar-refractivity contribution in [3.63, 3.8) is 0 Å². The molecule has 0 aromatic heterocycles. The quantitative estimate of drug-likeness (QED) is 0.766. The van der Waals surface area contributed by atoms with Crippen LogP contribution < -0.4 is 0 Å². The Bertz CT molecular complexity index is 459. The first kappa shape index (κ1) is 11.7. The van der Waals surface area contributed by atoms with Crippen molar-refractivity contribution in [1.29, 1.82) is 0 Å². The minimum Gasteiger partial charge on any atom is -0.468 e. The number of fused-ring (bicyclic) bond motifs is 1. The van der Waals surface area contributed by atoms with E-state index in [1.165, 1.54) is 12.7 Å². The van der Waals surface area contributed by atoms with E-state index in [1.54, 1.807) is 0 Å². The van der Waals surface area contributed by atoms with Gasteiger partial charge < -0.3 is 4.74 Å². The van der Waals surface area contributed by atoms with Gasteiger partial charge in [-0.15, -0.1) is 0 Å². The number of ether oxygens (including phenoxy) is 1. The number of esters is 1. The second-order valence-corrected chi connectivity index (χ2v) is 5.39. The fourth-order valence-electron chi connectivity index (χ4n) is 3.50. The van der Waals surface area contributed by atoms with Gasteiger partial charge in [0.25, 0.3) is 0 Å². The summed E-state index contributed by atoms with van der Waals surface area (Å²) in [6, 6.07) is 10.7. The van der Waals surface area contributed by atoms with Gasteiger partial charge in [0.15, 0.2) is 0 Å². The summed E-state index contributed by atoms with van der Waals surface area (Å²) in [5.41, 5.74) is 0.956. The molecule has 1 aliphatic heterocycles. The van der Waals surface area contributed by atoms with E-state index in [2.05, 4.69) is 36.1 Å². The van der Waals surface area contributed by atoms with Crippen LogP contribution in [-0.4, -0.2) is 30.1 Å². The molecule has 1 aromatic rings. The van der Waals surface area contributed by atoms with Crippen molar-refractivity contribution in [2.45, 2.75) is 31.3 Å². The van der Waals surface area contributed by atoms with Crippen molar-refractivity contribution in [2.75, 3.05) is 13.7 Å². The summed E-state index contributed by atoms with van der Waals surface area (Å²) in [6.45, 7) is 3.18. The molecule has 2 fully saturated rings. The summed E-state index contributed by atoms with van der Waals surface area (Å²) in [5.74, 6) is 0.462. The largest absolute Gasteiger partial charge is 0.468 e. The zero-order valence-electron chi connectivity index (χ0n) is 10.9.